The molecule has 1 N–H and O–H groups in total. The Bertz CT molecular complexity index is 567. The second-order valence-electron chi connectivity index (χ2n) is 5.47. The molecule has 0 saturated carbocycles. The van der Waals surface area contributed by atoms with Crippen molar-refractivity contribution in [2.24, 2.45) is 0 Å². The Morgan fingerprint density at radius 2 is 2.40 bits per heavy atom. The lowest BCUT2D eigenvalue weighted by Gasteiger charge is -2.29. The molecule has 0 bridgehead atoms. The van der Waals surface area contributed by atoms with Crippen LogP contribution < -0.4 is 5.32 Å². The van der Waals surface area contributed by atoms with Gasteiger partial charge in [0.25, 0.3) is 0 Å². The van der Waals surface area contributed by atoms with Crippen LogP contribution in [0.15, 0.2) is 30.9 Å². The molecule has 0 aliphatic heterocycles. The van der Waals surface area contributed by atoms with Crippen LogP contribution in [0.1, 0.15) is 36.9 Å². The average Bonchev–Trinajstić information content (AvgIpc) is 2.91. The van der Waals surface area contributed by atoms with E-state index in [4.69, 9.17) is 0 Å². The molecule has 2 aromatic rings. The fourth-order valence-corrected chi connectivity index (χ4v) is 2.96. The summed E-state index contributed by atoms with van der Waals surface area (Å²) in [7, 11) is 0. The van der Waals surface area contributed by atoms with E-state index < -0.39 is 0 Å². The van der Waals surface area contributed by atoms with Gasteiger partial charge >= 0.3 is 0 Å². The van der Waals surface area contributed by atoms with Crippen molar-refractivity contribution in [3.8, 4) is 0 Å². The van der Waals surface area contributed by atoms with Gasteiger partial charge in [0, 0.05) is 12.1 Å². The van der Waals surface area contributed by atoms with Crippen LogP contribution in [0.25, 0.3) is 0 Å². The number of aryl methyl sites for hydroxylation is 1. The molecule has 1 aromatic heterocycles. The smallest absolute Gasteiger partial charge is 0.137 e. The van der Waals surface area contributed by atoms with Crippen LogP contribution in [-0.2, 0) is 13.0 Å². The number of hydrogen-bond acceptors (Lipinski definition) is 3. The molecule has 0 saturated heterocycles. The van der Waals surface area contributed by atoms with E-state index in [9.17, 15) is 4.39 Å². The summed E-state index contributed by atoms with van der Waals surface area (Å²) in [6.07, 6.45) is 6.45. The number of fused-ring (bicyclic) bond motifs is 1. The quantitative estimate of drug-likeness (QED) is 0.931. The van der Waals surface area contributed by atoms with Gasteiger partial charge in [-0.15, -0.1) is 0 Å². The molecule has 2 atom stereocenters. The molecule has 0 unspecified atom stereocenters. The van der Waals surface area contributed by atoms with Crippen molar-refractivity contribution in [3.05, 3.63) is 47.8 Å². The minimum Gasteiger partial charge on any atom is -0.306 e. The van der Waals surface area contributed by atoms with Crippen LogP contribution in [0.2, 0.25) is 0 Å². The Balaban J connectivity index is 1.69. The molecule has 0 radical (unpaired) electrons. The van der Waals surface area contributed by atoms with E-state index in [0.717, 1.165) is 31.4 Å². The van der Waals surface area contributed by atoms with Gasteiger partial charge in [0.15, 0.2) is 0 Å². The van der Waals surface area contributed by atoms with E-state index in [-0.39, 0.29) is 11.9 Å². The van der Waals surface area contributed by atoms with Crippen LogP contribution in [0.5, 0.6) is 0 Å². The third-order valence-corrected chi connectivity index (χ3v) is 3.83. The Kier molecular flexibility index (Phi) is 3.78. The first-order chi connectivity index (χ1) is 9.72. The summed E-state index contributed by atoms with van der Waals surface area (Å²) in [6.45, 7) is 2.92. The Morgan fingerprint density at radius 1 is 1.50 bits per heavy atom. The second-order valence-corrected chi connectivity index (χ2v) is 5.47. The first-order valence-electron chi connectivity index (χ1n) is 7.09. The van der Waals surface area contributed by atoms with Gasteiger partial charge in [0.1, 0.15) is 18.5 Å². The Labute approximate surface area is 118 Å². The van der Waals surface area contributed by atoms with Gasteiger partial charge in [-0.2, -0.15) is 5.10 Å². The van der Waals surface area contributed by atoms with Gasteiger partial charge in [0.05, 0.1) is 6.54 Å². The van der Waals surface area contributed by atoms with Gasteiger partial charge < -0.3 is 5.32 Å². The molecule has 0 spiro atoms. The molecule has 0 amide bonds. The number of hydrogen-bond donors (Lipinski definition) is 1. The van der Waals surface area contributed by atoms with E-state index >= 15 is 0 Å². The molecule has 5 heteroatoms. The van der Waals surface area contributed by atoms with Gasteiger partial charge in [-0.1, -0.05) is 6.07 Å². The van der Waals surface area contributed by atoms with Crippen LogP contribution in [-0.4, -0.2) is 20.8 Å². The fraction of sp³-hybridized carbons (Fsp3) is 0.467. The van der Waals surface area contributed by atoms with Crippen molar-refractivity contribution < 1.29 is 4.39 Å². The predicted octanol–water partition coefficient (Wildman–Crippen LogP) is 2.47. The van der Waals surface area contributed by atoms with Crippen LogP contribution in [0, 0.1) is 5.82 Å². The van der Waals surface area contributed by atoms with Crippen molar-refractivity contribution in [1.82, 2.24) is 20.1 Å². The lowest BCUT2D eigenvalue weighted by atomic mass is 9.87. The second kappa shape index (κ2) is 5.71. The van der Waals surface area contributed by atoms with Crippen LogP contribution in [0.4, 0.5) is 4.39 Å². The van der Waals surface area contributed by atoms with Gasteiger partial charge in [-0.3, -0.25) is 4.68 Å². The molecule has 3 rings (SSSR count). The maximum Gasteiger partial charge on any atom is 0.137 e. The first kappa shape index (κ1) is 13.2. The molecule has 1 aliphatic carbocycles. The lowest BCUT2D eigenvalue weighted by molar-refractivity contribution is 0.369. The highest BCUT2D eigenvalue weighted by atomic mass is 19.1. The zero-order chi connectivity index (χ0) is 13.9. The largest absolute Gasteiger partial charge is 0.306 e. The Morgan fingerprint density at radius 3 is 3.20 bits per heavy atom. The molecule has 1 aliphatic rings. The molecule has 1 aromatic carbocycles. The van der Waals surface area contributed by atoms with E-state index in [0.29, 0.717) is 6.04 Å². The van der Waals surface area contributed by atoms with Crippen molar-refractivity contribution in [2.45, 2.75) is 44.8 Å². The van der Waals surface area contributed by atoms with E-state index in [1.807, 2.05) is 10.7 Å². The summed E-state index contributed by atoms with van der Waals surface area (Å²) >= 11 is 0. The minimum atomic E-state index is -0.139. The lowest BCUT2D eigenvalue weighted by Crippen LogP contribution is -2.35. The summed E-state index contributed by atoms with van der Waals surface area (Å²) in [6, 6.07) is 5.74. The summed E-state index contributed by atoms with van der Waals surface area (Å²) in [5, 5.41) is 7.74. The number of rotatable bonds is 4. The molecule has 106 valence electrons. The van der Waals surface area contributed by atoms with Gasteiger partial charge in [-0.05, 0) is 49.4 Å². The van der Waals surface area contributed by atoms with Gasteiger partial charge in [0.2, 0.25) is 0 Å². The summed E-state index contributed by atoms with van der Waals surface area (Å²) < 4.78 is 15.1. The van der Waals surface area contributed by atoms with Crippen molar-refractivity contribution in [2.75, 3.05) is 0 Å². The highest BCUT2D eigenvalue weighted by molar-refractivity contribution is 5.32. The SMILES string of the molecule is C[C@H](Cn1cncn1)N[C@@H]1CCCc2cc(F)ccc21. The normalized spacial score (nSPS) is 19.6. The number of aromatic nitrogens is 3. The van der Waals surface area contributed by atoms with E-state index in [1.54, 1.807) is 24.8 Å². The highest BCUT2D eigenvalue weighted by Gasteiger charge is 2.21. The van der Waals surface area contributed by atoms with Crippen molar-refractivity contribution in [1.29, 1.82) is 0 Å². The van der Waals surface area contributed by atoms with Crippen LogP contribution >= 0.6 is 0 Å². The van der Waals surface area contributed by atoms with Crippen LogP contribution in [0.3, 0.4) is 0 Å². The third kappa shape index (κ3) is 2.88. The average molecular weight is 274 g/mol. The van der Waals surface area contributed by atoms with E-state index in [1.165, 1.54) is 5.56 Å². The molecular weight excluding hydrogens is 255 g/mol. The molecular formula is C15H19FN4. The summed E-state index contributed by atoms with van der Waals surface area (Å²) in [5.74, 6) is -0.139. The van der Waals surface area contributed by atoms with E-state index in [2.05, 4.69) is 22.3 Å². The van der Waals surface area contributed by atoms with Crippen molar-refractivity contribution >= 4 is 0 Å². The maximum absolute atomic E-state index is 13.3. The van der Waals surface area contributed by atoms with Gasteiger partial charge in [-0.25, -0.2) is 9.37 Å². The third-order valence-electron chi connectivity index (χ3n) is 3.83. The summed E-state index contributed by atoms with van der Waals surface area (Å²) in [5.41, 5.74) is 2.38. The minimum absolute atomic E-state index is 0.139. The fourth-order valence-electron chi connectivity index (χ4n) is 2.96. The monoisotopic (exact) mass is 274 g/mol. The molecule has 1 heterocycles. The number of halogens is 1. The standard InChI is InChI=1S/C15H19FN4/c1-11(8-20-10-17-9-18-20)19-15-4-2-3-12-7-13(16)5-6-14(12)15/h5-7,9-11,15,19H,2-4,8H2,1H3/t11-,15-/m1/s1. The maximum atomic E-state index is 13.3. The summed E-state index contributed by atoms with van der Waals surface area (Å²) in [4.78, 5) is 3.95. The van der Waals surface area contributed by atoms with Crippen molar-refractivity contribution in [3.63, 3.8) is 0 Å². The highest BCUT2D eigenvalue weighted by Crippen LogP contribution is 2.30. The number of nitrogens with zero attached hydrogens (tertiary/aromatic N) is 3. The first-order valence-corrected chi connectivity index (χ1v) is 7.09. The topological polar surface area (TPSA) is 42.7 Å². The number of nitrogens with one attached hydrogen (secondary N) is 1. The predicted molar refractivity (Wildman–Crippen MR) is 74.7 cm³/mol. The molecule has 0 fully saturated rings. The molecule has 4 nitrogen and oxygen atoms in total. The zero-order valence-electron chi connectivity index (χ0n) is 11.6. The number of benzene rings is 1. The molecule has 20 heavy (non-hydrogen) atoms. The Hall–Kier alpha value is -1.75. The zero-order valence-corrected chi connectivity index (χ0v) is 11.6.